The van der Waals surface area contributed by atoms with Crippen LogP contribution in [0.15, 0.2) is 45.0 Å². The molecule has 0 spiro atoms. The van der Waals surface area contributed by atoms with Crippen LogP contribution >= 0.6 is 34.4 Å². The summed E-state index contributed by atoms with van der Waals surface area (Å²) in [5, 5.41) is 5.58. The molecule has 0 aliphatic carbocycles. The zero-order valence-electron chi connectivity index (χ0n) is 17.1. The summed E-state index contributed by atoms with van der Waals surface area (Å²) in [6.07, 6.45) is 0.835. The first kappa shape index (κ1) is 20.4. The lowest BCUT2D eigenvalue weighted by Gasteiger charge is -2.18. The fourth-order valence-electron chi connectivity index (χ4n) is 3.83. The van der Waals surface area contributed by atoms with Crippen LogP contribution in [0.5, 0.6) is 0 Å². The second-order valence-corrected chi connectivity index (χ2v) is 10.2. The van der Waals surface area contributed by atoms with Crippen LogP contribution in [-0.2, 0) is 17.8 Å². The van der Waals surface area contributed by atoms with Crippen LogP contribution in [0.3, 0.4) is 0 Å². The van der Waals surface area contributed by atoms with Crippen molar-refractivity contribution in [1.29, 1.82) is 0 Å². The van der Waals surface area contributed by atoms with Crippen molar-refractivity contribution in [2.24, 2.45) is 0 Å². The zero-order valence-corrected chi connectivity index (χ0v) is 19.6. The number of rotatable bonds is 5. The fraction of sp³-hybridized carbons (Fsp3) is 0.273. The van der Waals surface area contributed by atoms with E-state index in [9.17, 15) is 9.59 Å². The summed E-state index contributed by atoms with van der Waals surface area (Å²) < 4.78 is 2.31. The Hall–Kier alpha value is -2.49. The molecule has 4 aromatic rings. The monoisotopic (exact) mass is 468 g/mol. The van der Waals surface area contributed by atoms with E-state index < -0.39 is 0 Å². The molecule has 3 aromatic heterocycles. The number of thiophene rings is 1. The highest BCUT2D eigenvalue weighted by Crippen LogP contribution is 2.33. The maximum Gasteiger partial charge on any atom is 0.272 e. The van der Waals surface area contributed by atoms with Crippen molar-refractivity contribution in [1.82, 2.24) is 14.5 Å². The molecule has 5 rings (SSSR count). The molecule has 158 valence electrons. The van der Waals surface area contributed by atoms with Gasteiger partial charge in [-0.05, 0) is 49.4 Å². The van der Waals surface area contributed by atoms with Gasteiger partial charge in [-0.1, -0.05) is 17.8 Å². The largest absolute Gasteiger partial charge is 0.311 e. The van der Waals surface area contributed by atoms with Crippen LogP contribution in [-0.4, -0.2) is 32.7 Å². The van der Waals surface area contributed by atoms with E-state index >= 15 is 0 Å². The third-order valence-electron chi connectivity index (χ3n) is 5.36. The van der Waals surface area contributed by atoms with Gasteiger partial charge in [0, 0.05) is 29.7 Å². The van der Waals surface area contributed by atoms with E-state index in [1.807, 2.05) is 42.3 Å². The number of carbonyl (C=O) groups is 1. The number of thiazole rings is 1. The third-order valence-corrected chi connectivity index (χ3v) is 7.99. The molecule has 0 saturated heterocycles. The summed E-state index contributed by atoms with van der Waals surface area (Å²) in [5.74, 6) is 0.275. The zero-order chi connectivity index (χ0) is 21.5. The van der Waals surface area contributed by atoms with Crippen LogP contribution in [0.25, 0.3) is 21.5 Å². The number of anilines is 1. The van der Waals surface area contributed by atoms with Gasteiger partial charge in [0.25, 0.3) is 5.56 Å². The number of fused-ring (bicyclic) bond motifs is 2. The van der Waals surface area contributed by atoms with Crippen molar-refractivity contribution in [2.75, 3.05) is 17.2 Å². The number of aromatic nitrogens is 3. The summed E-state index contributed by atoms with van der Waals surface area (Å²) in [4.78, 5) is 36.7. The Morgan fingerprint density at radius 2 is 2.10 bits per heavy atom. The lowest BCUT2D eigenvalue weighted by Crippen LogP contribution is -2.31. The molecule has 1 aromatic carbocycles. The Labute approximate surface area is 191 Å². The molecule has 0 N–H and O–H groups in total. The summed E-state index contributed by atoms with van der Waals surface area (Å²) in [7, 11) is 0. The molecular weight excluding hydrogens is 448 g/mol. The van der Waals surface area contributed by atoms with Crippen LogP contribution in [0.1, 0.15) is 17.5 Å². The fourth-order valence-corrected chi connectivity index (χ4v) is 6.17. The normalized spacial score (nSPS) is 13.2. The Balaban J connectivity index is 1.35. The Kier molecular flexibility index (Phi) is 5.41. The molecule has 0 radical (unpaired) electrons. The summed E-state index contributed by atoms with van der Waals surface area (Å²) in [5.41, 5.74) is 4.88. The third kappa shape index (κ3) is 3.71. The number of carbonyl (C=O) groups excluding carboxylic acids is 1. The maximum absolute atomic E-state index is 13.0. The van der Waals surface area contributed by atoms with Crippen LogP contribution < -0.4 is 10.5 Å². The van der Waals surface area contributed by atoms with Crippen LogP contribution in [0.2, 0.25) is 0 Å². The van der Waals surface area contributed by atoms with Gasteiger partial charge in [-0.2, -0.15) is 0 Å². The van der Waals surface area contributed by atoms with Crippen LogP contribution in [0.4, 0.5) is 5.69 Å². The average Bonchev–Trinajstić information content (AvgIpc) is 3.50. The number of thioether (sulfide) groups is 1. The minimum Gasteiger partial charge on any atom is -0.311 e. The van der Waals surface area contributed by atoms with Gasteiger partial charge in [-0.3, -0.25) is 14.2 Å². The van der Waals surface area contributed by atoms with E-state index in [-0.39, 0.29) is 17.2 Å². The van der Waals surface area contributed by atoms with Crippen molar-refractivity contribution < 1.29 is 4.79 Å². The van der Waals surface area contributed by atoms with Crippen LogP contribution in [0, 0.1) is 6.92 Å². The Morgan fingerprint density at radius 1 is 1.23 bits per heavy atom. The van der Waals surface area contributed by atoms with E-state index in [0.717, 1.165) is 28.4 Å². The highest BCUT2D eigenvalue weighted by Gasteiger charge is 2.25. The van der Waals surface area contributed by atoms with E-state index in [0.29, 0.717) is 28.5 Å². The van der Waals surface area contributed by atoms with Crippen molar-refractivity contribution in [3.05, 3.63) is 56.0 Å². The first-order valence-electron chi connectivity index (χ1n) is 10.0. The molecule has 1 aliphatic rings. The van der Waals surface area contributed by atoms with Crippen molar-refractivity contribution in [3.63, 3.8) is 0 Å². The van der Waals surface area contributed by atoms with E-state index in [2.05, 4.69) is 21.4 Å². The van der Waals surface area contributed by atoms with Gasteiger partial charge in [0.1, 0.15) is 4.70 Å². The lowest BCUT2D eigenvalue weighted by atomic mass is 10.1. The predicted molar refractivity (Wildman–Crippen MR) is 129 cm³/mol. The highest BCUT2D eigenvalue weighted by molar-refractivity contribution is 7.99. The number of hydrogen-bond donors (Lipinski definition) is 0. The Morgan fingerprint density at radius 3 is 2.87 bits per heavy atom. The number of nitrogens with zero attached hydrogens (tertiary/aromatic N) is 4. The molecule has 9 heteroatoms. The summed E-state index contributed by atoms with van der Waals surface area (Å²) in [6, 6.07) is 8.05. The van der Waals surface area contributed by atoms with Gasteiger partial charge in [-0.25, -0.2) is 9.97 Å². The molecule has 0 saturated carbocycles. The molecule has 4 heterocycles. The maximum atomic E-state index is 13.0. The Bertz CT molecular complexity index is 1350. The molecule has 31 heavy (non-hydrogen) atoms. The second-order valence-electron chi connectivity index (χ2n) is 7.26. The second kappa shape index (κ2) is 8.22. The smallest absolute Gasteiger partial charge is 0.272 e. The molecule has 6 nitrogen and oxygen atoms in total. The van der Waals surface area contributed by atoms with Crippen molar-refractivity contribution in [2.45, 2.75) is 32.0 Å². The minimum atomic E-state index is -0.0335. The topological polar surface area (TPSA) is 68.1 Å². The van der Waals surface area contributed by atoms with Gasteiger partial charge < -0.3 is 4.90 Å². The molecule has 0 fully saturated rings. The summed E-state index contributed by atoms with van der Waals surface area (Å²) in [6.45, 7) is 5.13. The molecule has 0 atom stereocenters. The quantitative estimate of drug-likeness (QED) is 0.317. The van der Waals surface area contributed by atoms with Gasteiger partial charge in [0.2, 0.25) is 5.91 Å². The summed E-state index contributed by atoms with van der Waals surface area (Å²) >= 11 is 4.38. The number of benzene rings is 1. The van der Waals surface area contributed by atoms with Crippen molar-refractivity contribution >= 4 is 56.2 Å². The van der Waals surface area contributed by atoms with Gasteiger partial charge in [-0.15, -0.1) is 22.7 Å². The number of aryl methyl sites for hydroxylation is 1. The molecule has 0 unspecified atom stereocenters. The highest BCUT2D eigenvalue weighted by atomic mass is 32.2. The SMILES string of the molecule is CCn1c(SCC(=O)N2CCc3cc(-c4csc(C)n4)ccc32)nc2ccsc2c1=O. The lowest BCUT2D eigenvalue weighted by molar-refractivity contribution is -0.116. The molecule has 1 aliphatic heterocycles. The predicted octanol–water partition coefficient (Wildman–Crippen LogP) is 4.59. The van der Waals surface area contributed by atoms with Gasteiger partial charge in [0.15, 0.2) is 5.16 Å². The first-order valence-corrected chi connectivity index (χ1v) is 12.8. The molecule has 1 amide bonds. The van der Waals surface area contributed by atoms with E-state index in [4.69, 9.17) is 0 Å². The first-order chi connectivity index (χ1) is 15.0. The average molecular weight is 469 g/mol. The van der Waals surface area contributed by atoms with Gasteiger partial charge in [0.05, 0.1) is 22.0 Å². The van der Waals surface area contributed by atoms with E-state index in [1.54, 1.807) is 15.9 Å². The van der Waals surface area contributed by atoms with E-state index in [1.165, 1.54) is 28.7 Å². The minimum absolute atomic E-state index is 0.0309. The van der Waals surface area contributed by atoms with Crippen molar-refractivity contribution in [3.8, 4) is 11.3 Å². The van der Waals surface area contributed by atoms with Gasteiger partial charge >= 0.3 is 0 Å². The number of hydrogen-bond acceptors (Lipinski definition) is 7. The standard InChI is InChI=1S/C22H20N4O2S3/c1-3-25-21(28)20-16(7-9-29-20)24-22(25)31-12-19(27)26-8-6-15-10-14(4-5-18(15)26)17-11-30-13(2)23-17/h4-5,7,9-11H,3,6,8,12H2,1-2H3. The molecule has 0 bridgehead atoms. The molecular formula is C22H20N4O2S3. The number of amides is 1.